The largest absolute Gasteiger partial charge is 0.299 e. The van der Waals surface area contributed by atoms with E-state index >= 15 is 0 Å². The second-order valence-corrected chi connectivity index (χ2v) is 4.69. The summed E-state index contributed by atoms with van der Waals surface area (Å²) in [6, 6.07) is 4.81. The molecule has 0 heterocycles. The Morgan fingerprint density at radius 3 is 2.88 bits per heavy atom. The molecule has 0 bridgehead atoms. The van der Waals surface area contributed by atoms with Gasteiger partial charge in [-0.1, -0.05) is 23.7 Å². The van der Waals surface area contributed by atoms with Crippen molar-refractivity contribution >= 4 is 17.4 Å². The Kier molecular flexibility index (Phi) is 3.59. The van der Waals surface area contributed by atoms with Crippen LogP contribution in [0.25, 0.3) is 0 Å². The van der Waals surface area contributed by atoms with E-state index in [1.165, 1.54) is 6.07 Å². The van der Waals surface area contributed by atoms with Crippen molar-refractivity contribution in [1.29, 1.82) is 0 Å². The van der Waals surface area contributed by atoms with Crippen LogP contribution < -0.4 is 0 Å². The van der Waals surface area contributed by atoms with E-state index in [1.54, 1.807) is 6.07 Å². The monoisotopic (exact) mass is 240 g/mol. The lowest BCUT2D eigenvalue weighted by Crippen LogP contribution is -2.01. The Hall–Kier alpha value is -0.890. The van der Waals surface area contributed by atoms with Crippen molar-refractivity contribution in [2.75, 3.05) is 0 Å². The number of rotatable bonds is 5. The standard InChI is InChI=1S/C13H14ClFO/c14-13-10(3-1-5-11(13)15)4-2-6-12(16)9-7-8-9/h1,3,5,9H,2,4,6-8H2. The summed E-state index contributed by atoms with van der Waals surface area (Å²) in [6.07, 6.45) is 4.14. The molecule has 0 spiro atoms. The summed E-state index contributed by atoms with van der Waals surface area (Å²) < 4.78 is 13.1. The molecule has 1 nitrogen and oxygen atoms in total. The predicted octanol–water partition coefficient (Wildman–Crippen LogP) is 3.78. The number of hydrogen-bond acceptors (Lipinski definition) is 1. The van der Waals surface area contributed by atoms with Crippen LogP contribution in [0, 0.1) is 11.7 Å². The summed E-state index contributed by atoms with van der Waals surface area (Å²) in [4.78, 5) is 11.4. The Labute approximate surface area is 99.6 Å². The van der Waals surface area contributed by atoms with Gasteiger partial charge in [0.2, 0.25) is 0 Å². The summed E-state index contributed by atoms with van der Waals surface area (Å²) in [5.41, 5.74) is 0.797. The van der Waals surface area contributed by atoms with Gasteiger partial charge in [0.15, 0.2) is 0 Å². The molecule has 1 aromatic rings. The number of hydrogen-bond donors (Lipinski definition) is 0. The smallest absolute Gasteiger partial charge is 0.142 e. The van der Waals surface area contributed by atoms with Gasteiger partial charge in [0.25, 0.3) is 0 Å². The Balaban J connectivity index is 1.84. The molecule has 0 saturated heterocycles. The third-order valence-electron chi connectivity index (χ3n) is 2.93. The van der Waals surface area contributed by atoms with Crippen LogP contribution in [-0.2, 0) is 11.2 Å². The maximum atomic E-state index is 13.1. The fourth-order valence-corrected chi connectivity index (χ4v) is 2.02. The fourth-order valence-electron chi connectivity index (χ4n) is 1.80. The average molecular weight is 241 g/mol. The first-order valence-electron chi connectivity index (χ1n) is 5.64. The minimum absolute atomic E-state index is 0.196. The van der Waals surface area contributed by atoms with Crippen molar-refractivity contribution < 1.29 is 9.18 Å². The third kappa shape index (κ3) is 2.82. The Morgan fingerprint density at radius 2 is 2.19 bits per heavy atom. The normalized spacial score (nSPS) is 15.1. The van der Waals surface area contributed by atoms with Gasteiger partial charge >= 0.3 is 0 Å². The molecule has 86 valence electrons. The highest BCUT2D eigenvalue weighted by Crippen LogP contribution is 2.31. The fraction of sp³-hybridized carbons (Fsp3) is 0.462. The molecular formula is C13H14ClFO. The molecule has 1 aromatic carbocycles. The van der Waals surface area contributed by atoms with Gasteiger partial charge in [0.05, 0.1) is 5.02 Å². The molecular weight excluding hydrogens is 227 g/mol. The van der Waals surface area contributed by atoms with Crippen molar-refractivity contribution in [3.63, 3.8) is 0 Å². The lowest BCUT2D eigenvalue weighted by atomic mass is 10.0. The van der Waals surface area contributed by atoms with E-state index in [-0.39, 0.29) is 10.8 Å². The van der Waals surface area contributed by atoms with Gasteiger partial charge < -0.3 is 0 Å². The Bertz CT molecular complexity index is 399. The highest BCUT2D eigenvalue weighted by atomic mass is 35.5. The van der Waals surface area contributed by atoms with Crippen molar-refractivity contribution in [1.82, 2.24) is 0 Å². The number of carbonyl (C=O) groups is 1. The molecule has 0 atom stereocenters. The second-order valence-electron chi connectivity index (χ2n) is 4.31. The number of halogens is 2. The van der Waals surface area contributed by atoms with Crippen LogP contribution in [0.15, 0.2) is 18.2 Å². The average Bonchev–Trinajstić information content (AvgIpc) is 3.07. The first-order valence-corrected chi connectivity index (χ1v) is 6.02. The molecule has 1 aliphatic rings. The number of aryl methyl sites for hydroxylation is 1. The maximum Gasteiger partial charge on any atom is 0.142 e. The van der Waals surface area contributed by atoms with Crippen LogP contribution in [0.5, 0.6) is 0 Å². The molecule has 1 aliphatic carbocycles. The van der Waals surface area contributed by atoms with E-state index in [4.69, 9.17) is 11.6 Å². The zero-order valence-corrected chi connectivity index (χ0v) is 9.77. The van der Waals surface area contributed by atoms with E-state index in [1.807, 2.05) is 6.07 Å². The van der Waals surface area contributed by atoms with Crippen LogP contribution >= 0.6 is 11.6 Å². The Morgan fingerprint density at radius 1 is 1.44 bits per heavy atom. The molecule has 0 radical (unpaired) electrons. The van der Waals surface area contributed by atoms with E-state index in [9.17, 15) is 9.18 Å². The van der Waals surface area contributed by atoms with Gasteiger partial charge in [-0.2, -0.15) is 0 Å². The second kappa shape index (κ2) is 4.96. The van der Waals surface area contributed by atoms with Gasteiger partial charge in [-0.15, -0.1) is 0 Å². The molecule has 0 aliphatic heterocycles. The van der Waals surface area contributed by atoms with Crippen molar-refractivity contribution in [2.24, 2.45) is 5.92 Å². The molecule has 0 unspecified atom stereocenters. The molecule has 1 fully saturated rings. The van der Waals surface area contributed by atoms with Gasteiger partial charge in [0, 0.05) is 12.3 Å². The number of ketones is 1. The van der Waals surface area contributed by atoms with Crippen LogP contribution in [0.2, 0.25) is 5.02 Å². The maximum absolute atomic E-state index is 13.1. The predicted molar refractivity (Wildman–Crippen MR) is 62.1 cm³/mol. The van der Waals surface area contributed by atoms with Crippen molar-refractivity contribution in [3.8, 4) is 0 Å². The summed E-state index contributed by atoms with van der Waals surface area (Å²) in [5.74, 6) is 0.295. The summed E-state index contributed by atoms with van der Waals surface area (Å²) in [7, 11) is 0. The highest BCUT2D eigenvalue weighted by Gasteiger charge is 2.28. The molecule has 0 N–H and O–H groups in total. The van der Waals surface area contributed by atoms with Crippen molar-refractivity contribution in [2.45, 2.75) is 32.1 Å². The van der Waals surface area contributed by atoms with E-state index < -0.39 is 0 Å². The zero-order valence-electron chi connectivity index (χ0n) is 9.01. The minimum Gasteiger partial charge on any atom is -0.299 e. The lowest BCUT2D eigenvalue weighted by Gasteiger charge is -2.04. The van der Waals surface area contributed by atoms with Gasteiger partial charge in [0.1, 0.15) is 11.6 Å². The third-order valence-corrected chi connectivity index (χ3v) is 3.36. The molecule has 0 amide bonds. The molecule has 0 aromatic heterocycles. The van der Waals surface area contributed by atoms with E-state index in [0.717, 1.165) is 24.8 Å². The first kappa shape index (κ1) is 11.6. The number of benzene rings is 1. The SMILES string of the molecule is O=C(CCCc1cccc(F)c1Cl)C1CC1. The zero-order chi connectivity index (χ0) is 11.5. The lowest BCUT2D eigenvalue weighted by molar-refractivity contribution is -0.120. The topological polar surface area (TPSA) is 17.1 Å². The van der Waals surface area contributed by atoms with Crippen molar-refractivity contribution in [3.05, 3.63) is 34.6 Å². The van der Waals surface area contributed by atoms with Crippen LogP contribution in [0.1, 0.15) is 31.2 Å². The van der Waals surface area contributed by atoms with E-state index in [2.05, 4.69) is 0 Å². The summed E-state index contributed by atoms with van der Waals surface area (Å²) >= 11 is 5.82. The number of carbonyl (C=O) groups excluding carboxylic acids is 1. The molecule has 3 heteroatoms. The molecule has 1 saturated carbocycles. The minimum atomic E-state index is -0.382. The van der Waals surface area contributed by atoms with Crippen LogP contribution in [0.4, 0.5) is 4.39 Å². The van der Waals surface area contributed by atoms with E-state index in [0.29, 0.717) is 24.5 Å². The van der Waals surface area contributed by atoms with Crippen LogP contribution in [-0.4, -0.2) is 5.78 Å². The molecule has 16 heavy (non-hydrogen) atoms. The van der Waals surface area contributed by atoms with Gasteiger partial charge in [-0.25, -0.2) is 4.39 Å². The molecule has 2 rings (SSSR count). The number of Topliss-reactive ketones (excluding diaryl/α,β-unsaturated/α-hetero) is 1. The van der Waals surface area contributed by atoms with Gasteiger partial charge in [-0.05, 0) is 37.3 Å². The van der Waals surface area contributed by atoms with Gasteiger partial charge in [-0.3, -0.25) is 4.79 Å². The quantitative estimate of drug-likeness (QED) is 0.766. The van der Waals surface area contributed by atoms with Crippen LogP contribution in [0.3, 0.4) is 0 Å². The summed E-state index contributed by atoms with van der Waals surface area (Å²) in [5, 5.41) is 0.196. The highest BCUT2D eigenvalue weighted by molar-refractivity contribution is 6.31. The first-order chi connectivity index (χ1) is 7.68. The summed E-state index contributed by atoms with van der Waals surface area (Å²) in [6.45, 7) is 0.